The molecule has 1 saturated heterocycles. The highest BCUT2D eigenvalue weighted by atomic mass is 32.1. The summed E-state index contributed by atoms with van der Waals surface area (Å²) < 4.78 is 0. The summed E-state index contributed by atoms with van der Waals surface area (Å²) in [7, 11) is 0. The van der Waals surface area contributed by atoms with Crippen LogP contribution in [-0.2, 0) is 24.0 Å². The molecule has 146 valence electrons. The fraction of sp³-hybridized carbons (Fsp3) is 0.643. The molecule has 12 heteroatoms. The molecule has 7 N–H and O–H groups in total. The average Bonchev–Trinajstić information content (AvgIpc) is 3.07. The lowest BCUT2D eigenvalue weighted by Gasteiger charge is -2.26. The van der Waals surface area contributed by atoms with Crippen molar-refractivity contribution < 1.29 is 29.1 Å². The molecular weight excluding hydrogens is 366 g/mol. The second kappa shape index (κ2) is 9.97. The van der Waals surface area contributed by atoms with Crippen LogP contribution in [0.2, 0.25) is 0 Å². The van der Waals surface area contributed by atoms with Gasteiger partial charge in [0.15, 0.2) is 0 Å². The number of primary amides is 1. The van der Waals surface area contributed by atoms with Crippen molar-refractivity contribution in [2.24, 2.45) is 11.5 Å². The topological polar surface area (TPSA) is 185 Å². The van der Waals surface area contributed by atoms with Crippen LogP contribution in [0.3, 0.4) is 0 Å². The van der Waals surface area contributed by atoms with Gasteiger partial charge in [-0.15, -0.1) is 0 Å². The number of aliphatic carboxylic acids is 1. The summed E-state index contributed by atoms with van der Waals surface area (Å²) in [5.74, 6) is -3.96. The van der Waals surface area contributed by atoms with Gasteiger partial charge < -0.3 is 32.1 Å². The monoisotopic (exact) mass is 389 g/mol. The number of likely N-dealkylation sites (tertiary alicyclic amines) is 1. The molecule has 26 heavy (non-hydrogen) atoms. The highest BCUT2D eigenvalue weighted by molar-refractivity contribution is 7.80. The Kier molecular flexibility index (Phi) is 8.32. The number of nitrogens with two attached hydrogens (primary N) is 2. The Bertz CT molecular complexity index is 586. The Morgan fingerprint density at radius 2 is 1.92 bits per heavy atom. The average molecular weight is 389 g/mol. The zero-order valence-electron chi connectivity index (χ0n) is 14.0. The van der Waals surface area contributed by atoms with E-state index in [4.69, 9.17) is 16.6 Å². The van der Waals surface area contributed by atoms with E-state index in [1.165, 1.54) is 0 Å². The maximum atomic E-state index is 12.5. The lowest BCUT2D eigenvalue weighted by Crippen LogP contribution is -2.54. The molecule has 0 bridgehead atoms. The van der Waals surface area contributed by atoms with Crippen molar-refractivity contribution in [3.8, 4) is 0 Å². The number of hydrogen-bond donors (Lipinski definition) is 6. The van der Waals surface area contributed by atoms with Gasteiger partial charge in [-0.05, 0) is 12.8 Å². The van der Waals surface area contributed by atoms with Gasteiger partial charge in [0.25, 0.3) is 0 Å². The first-order valence-electron chi connectivity index (χ1n) is 7.92. The van der Waals surface area contributed by atoms with E-state index < -0.39 is 60.7 Å². The van der Waals surface area contributed by atoms with Crippen molar-refractivity contribution in [1.29, 1.82) is 0 Å². The molecule has 1 fully saturated rings. The second-order valence-corrected chi connectivity index (χ2v) is 6.19. The van der Waals surface area contributed by atoms with Gasteiger partial charge in [0.2, 0.25) is 23.6 Å². The van der Waals surface area contributed by atoms with Crippen LogP contribution in [-0.4, -0.2) is 76.6 Å². The lowest BCUT2D eigenvalue weighted by molar-refractivity contribution is -0.149. The molecule has 1 heterocycles. The number of carbonyl (C=O) groups is 5. The van der Waals surface area contributed by atoms with Crippen molar-refractivity contribution in [3.63, 3.8) is 0 Å². The van der Waals surface area contributed by atoms with Gasteiger partial charge >= 0.3 is 5.97 Å². The molecule has 0 aliphatic carbocycles. The zero-order chi connectivity index (χ0) is 19.9. The molecule has 3 atom stereocenters. The van der Waals surface area contributed by atoms with Gasteiger partial charge in [0.05, 0.1) is 19.0 Å². The minimum Gasteiger partial charge on any atom is -0.480 e. The lowest BCUT2D eigenvalue weighted by atomic mass is 10.1. The minimum absolute atomic E-state index is 0.0851. The Hall–Kier alpha value is -2.34. The van der Waals surface area contributed by atoms with Gasteiger partial charge in [-0.3, -0.25) is 19.2 Å². The van der Waals surface area contributed by atoms with Gasteiger partial charge in [0, 0.05) is 12.3 Å². The third-order valence-corrected chi connectivity index (χ3v) is 4.21. The van der Waals surface area contributed by atoms with Crippen LogP contribution in [0.4, 0.5) is 0 Å². The smallest absolute Gasteiger partial charge is 0.326 e. The van der Waals surface area contributed by atoms with Crippen LogP contribution in [0.1, 0.15) is 19.3 Å². The molecule has 0 saturated carbocycles. The standard InChI is InChI=1S/C14H23N5O6S/c15-7(6-26)12(22)17-5-11(21)18-8(4-10(16)20)13(23)19-3-1-2-9(19)14(24)25/h7-9,26H,1-6,15H2,(H2,16,20)(H,17,22)(H,18,21)(H,24,25). The summed E-state index contributed by atoms with van der Waals surface area (Å²) in [4.78, 5) is 59.6. The molecule has 4 amide bonds. The van der Waals surface area contributed by atoms with Crippen molar-refractivity contribution in [2.75, 3.05) is 18.8 Å². The molecule has 3 unspecified atom stereocenters. The Morgan fingerprint density at radius 3 is 2.46 bits per heavy atom. The maximum absolute atomic E-state index is 12.5. The SMILES string of the molecule is NC(=O)CC(NC(=O)CNC(=O)C(N)CS)C(=O)N1CCCC1C(=O)O. The molecule has 11 nitrogen and oxygen atoms in total. The molecule has 0 aromatic carbocycles. The first kappa shape index (κ1) is 21.7. The van der Waals surface area contributed by atoms with Crippen LogP contribution in [0.5, 0.6) is 0 Å². The third-order valence-electron chi connectivity index (χ3n) is 3.82. The van der Waals surface area contributed by atoms with Crippen molar-refractivity contribution in [3.05, 3.63) is 0 Å². The Balaban J connectivity index is 2.72. The number of carboxylic acids is 1. The zero-order valence-corrected chi connectivity index (χ0v) is 14.9. The van der Waals surface area contributed by atoms with Gasteiger partial charge in [-0.2, -0.15) is 12.6 Å². The molecule has 1 rings (SSSR count). The number of thiol groups is 1. The van der Waals surface area contributed by atoms with Crippen LogP contribution < -0.4 is 22.1 Å². The van der Waals surface area contributed by atoms with Crippen molar-refractivity contribution in [1.82, 2.24) is 15.5 Å². The maximum Gasteiger partial charge on any atom is 0.326 e. The predicted molar refractivity (Wildman–Crippen MR) is 93.0 cm³/mol. The summed E-state index contributed by atoms with van der Waals surface area (Å²) in [6.45, 7) is -0.264. The molecular formula is C14H23N5O6S. The highest BCUT2D eigenvalue weighted by Gasteiger charge is 2.38. The summed E-state index contributed by atoms with van der Waals surface area (Å²) >= 11 is 3.86. The fourth-order valence-corrected chi connectivity index (χ4v) is 2.68. The quantitative estimate of drug-likeness (QED) is 0.224. The summed E-state index contributed by atoms with van der Waals surface area (Å²) in [6.07, 6.45) is 0.297. The van der Waals surface area contributed by atoms with Crippen LogP contribution >= 0.6 is 12.6 Å². The number of nitrogens with one attached hydrogen (secondary N) is 2. The number of rotatable bonds is 9. The van der Waals surface area contributed by atoms with Gasteiger partial charge in [-0.1, -0.05) is 0 Å². The van der Waals surface area contributed by atoms with Crippen LogP contribution in [0.25, 0.3) is 0 Å². The van der Waals surface area contributed by atoms with E-state index in [2.05, 4.69) is 23.3 Å². The first-order valence-corrected chi connectivity index (χ1v) is 8.55. The van der Waals surface area contributed by atoms with E-state index in [0.29, 0.717) is 6.42 Å². The van der Waals surface area contributed by atoms with Crippen molar-refractivity contribution in [2.45, 2.75) is 37.4 Å². The fourth-order valence-electron chi connectivity index (χ4n) is 2.52. The third kappa shape index (κ3) is 6.19. The van der Waals surface area contributed by atoms with Gasteiger partial charge in [0.1, 0.15) is 12.1 Å². The molecule has 0 radical (unpaired) electrons. The van der Waals surface area contributed by atoms with E-state index in [-0.39, 0.29) is 18.7 Å². The number of carbonyl (C=O) groups excluding carboxylic acids is 4. The number of amides is 4. The minimum atomic E-state index is -1.31. The number of hydrogen-bond acceptors (Lipinski definition) is 7. The summed E-state index contributed by atoms with van der Waals surface area (Å²) in [6, 6.07) is -3.21. The normalized spacial score (nSPS) is 18.7. The Morgan fingerprint density at radius 1 is 1.27 bits per heavy atom. The number of carboxylic acid groups (broad SMARTS) is 1. The molecule has 1 aliphatic rings. The summed E-state index contributed by atoms with van der Waals surface area (Å²) in [5, 5.41) is 13.7. The first-order chi connectivity index (χ1) is 12.2. The van der Waals surface area contributed by atoms with Crippen LogP contribution in [0, 0.1) is 0 Å². The van der Waals surface area contributed by atoms with Gasteiger partial charge in [-0.25, -0.2) is 4.79 Å². The van der Waals surface area contributed by atoms with E-state index in [9.17, 15) is 24.0 Å². The molecule has 1 aliphatic heterocycles. The van der Waals surface area contributed by atoms with Crippen LogP contribution in [0.15, 0.2) is 0 Å². The van der Waals surface area contributed by atoms with Crippen molar-refractivity contribution >= 4 is 42.2 Å². The molecule has 0 spiro atoms. The number of nitrogens with zero attached hydrogens (tertiary/aromatic N) is 1. The Labute approximate surface area is 155 Å². The molecule has 0 aromatic heterocycles. The summed E-state index contributed by atoms with van der Waals surface area (Å²) in [5.41, 5.74) is 10.6. The van der Waals surface area contributed by atoms with E-state index >= 15 is 0 Å². The largest absolute Gasteiger partial charge is 0.480 e. The second-order valence-electron chi connectivity index (χ2n) is 5.83. The van der Waals surface area contributed by atoms with E-state index in [1.54, 1.807) is 0 Å². The predicted octanol–water partition coefficient (Wildman–Crippen LogP) is -3.20. The molecule has 0 aromatic rings. The van der Waals surface area contributed by atoms with E-state index in [1.807, 2.05) is 0 Å². The van der Waals surface area contributed by atoms with E-state index in [0.717, 1.165) is 4.90 Å². The highest BCUT2D eigenvalue weighted by Crippen LogP contribution is 2.19.